The van der Waals surface area contributed by atoms with E-state index < -0.39 is 0 Å². The van der Waals surface area contributed by atoms with Crippen molar-refractivity contribution in [2.75, 3.05) is 18.4 Å². The molecular weight excluding hydrogens is 248 g/mol. The van der Waals surface area contributed by atoms with E-state index in [9.17, 15) is 4.79 Å². The van der Waals surface area contributed by atoms with Crippen molar-refractivity contribution in [1.29, 1.82) is 0 Å². The number of carbonyl (C=O) groups excluding carboxylic acids is 1. The van der Waals surface area contributed by atoms with E-state index in [1.165, 1.54) is 0 Å². The highest BCUT2D eigenvalue weighted by Gasteiger charge is 2.26. The molecule has 1 N–H and O–H groups in total. The van der Waals surface area contributed by atoms with Crippen LogP contribution in [0.15, 0.2) is 30.4 Å². The van der Waals surface area contributed by atoms with Crippen molar-refractivity contribution >= 4 is 11.6 Å². The lowest BCUT2D eigenvalue weighted by Crippen LogP contribution is -2.46. The third-order valence-electron chi connectivity index (χ3n) is 3.85. The third kappa shape index (κ3) is 3.28. The molecule has 1 aromatic carbocycles. The first kappa shape index (κ1) is 14.8. The molecule has 20 heavy (non-hydrogen) atoms. The topological polar surface area (TPSA) is 32.3 Å². The highest BCUT2D eigenvalue weighted by molar-refractivity contribution is 5.96. The summed E-state index contributed by atoms with van der Waals surface area (Å²) >= 11 is 0. The molecule has 0 fully saturated rings. The SMILES string of the molecule is CCCN1CC=CCC1C(=O)Nc1c(C)cccc1C. The number of nitrogens with zero attached hydrogens (tertiary/aromatic N) is 1. The van der Waals surface area contributed by atoms with Crippen molar-refractivity contribution in [3.63, 3.8) is 0 Å². The molecule has 1 aliphatic rings. The van der Waals surface area contributed by atoms with Gasteiger partial charge in [-0.05, 0) is 44.4 Å². The summed E-state index contributed by atoms with van der Waals surface area (Å²) in [4.78, 5) is 14.8. The molecule has 1 aliphatic heterocycles. The lowest BCUT2D eigenvalue weighted by atomic mass is 10.0. The average Bonchev–Trinajstić information content (AvgIpc) is 2.44. The Morgan fingerprint density at radius 3 is 2.65 bits per heavy atom. The van der Waals surface area contributed by atoms with Crippen LogP contribution in [0.2, 0.25) is 0 Å². The number of hydrogen-bond donors (Lipinski definition) is 1. The fraction of sp³-hybridized carbons (Fsp3) is 0.471. The van der Waals surface area contributed by atoms with Gasteiger partial charge in [0.05, 0.1) is 6.04 Å². The van der Waals surface area contributed by atoms with Crippen molar-refractivity contribution in [2.24, 2.45) is 0 Å². The minimum absolute atomic E-state index is 0.0426. The Labute approximate surface area is 121 Å². The minimum Gasteiger partial charge on any atom is -0.324 e. The van der Waals surface area contributed by atoms with Gasteiger partial charge in [-0.25, -0.2) is 0 Å². The van der Waals surface area contributed by atoms with Crippen LogP contribution in [0, 0.1) is 13.8 Å². The van der Waals surface area contributed by atoms with Gasteiger partial charge in [-0.15, -0.1) is 0 Å². The molecule has 3 nitrogen and oxygen atoms in total. The molecule has 0 aliphatic carbocycles. The van der Waals surface area contributed by atoms with Gasteiger partial charge in [0.25, 0.3) is 0 Å². The van der Waals surface area contributed by atoms with Gasteiger partial charge in [0.2, 0.25) is 5.91 Å². The molecule has 0 radical (unpaired) electrons. The quantitative estimate of drug-likeness (QED) is 0.853. The summed E-state index contributed by atoms with van der Waals surface area (Å²) in [5.74, 6) is 0.111. The molecule has 1 heterocycles. The highest BCUT2D eigenvalue weighted by atomic mass is 16.2. The fourth-order valence-corrected chi connectivity index (χ4v) is 2.74. The van der Waals surface area contributed by atoms with Crippen molar-refractivity contribution in [2.45, 2.75) is 39.7 Å². The summed E-state index contributed by atoms with van der Waals surface area (Å²) in [5, 5.41) is 3.12. The molecule has 108 valence electrons. The number of para-hydroxylation sites is 1. The monoisotopic (exact) mass is 272 g/mol. The predicted molar refractivity (Wildman–Crippen MR) is 84.0 cm³/mol. The Balaban J connectivity index is 2.12. The normalized spacial score (nSPS) is 19.1. The second-order valence-corrected chi connectivity index (χ2v) is 5.47. The minimum atomic E-state index is -0.0426. The predicted octanol–water partition coefficient (Wildman–Crippen LogP) is 3.28. The smallest absolute Gasteiger partial charge is 0.242 e. The Kier molecular flexibility index (Phi) is 4.96. The zero-order chi connectivity index (χ0) is 14.5. The summed E-state index contributed by atoms with van der Waals surface area (Å²) in [6, 6.07) is 6.05. The van der Waals surface area contributed by atoms with E-state index in [0.29, 0.717) is 0 Å². The number of nitrogens with one attached hydrogen (secondary N) is 1. The lowest BCUT2D eigenvalue weighted by Gasteiger charge is -2.31. The molecule has 1 amide bonds. The third-order valence-corrected chi connectivity index (χ3v) is 3.85. The van der Waals surface area contributed by atoms with E-state index in [2.05, 4.69) is 29.3 Å². The zero-order valence-electron chi connectivity index (χ0n) is 12.6. The number of aryl methyl sites for hydroxylation is 2. The van der Waals surface area contributed by atoms with Gasteiger partial charge >= 0.3 is 0 Å². The maximum atomic E-state index is 12.6. The first-order chi connectivity index (χ1) is 9.63. The van der Waals surface area contributed by atoms with E-state index in [1.54, 1.807) is 0 Å². The van der Waals surface area contributed by atoms with E-state index in [0.717, 1.165) is 42.7 Å². The Hall–Kier alpha value is -1.61. The van der Waals surface area contributed by atoms with Crippen LogP contribution in [0.5, 0.6) is 0 Å². The highest BCUT2D eigenvalue weighted by Crippen LogP contribution is 2.21. The lowest BCUT2D eigenvalue weighted by molar-refractivity contribution is -0.121. The van der Waals surface area contributed by atoms with Gasteiger partial charge in [0.15, 0.2) is 0 Å². The molecule has 0 aromatic heterocycles. The van der Waals surface area contributed by atoms with E-state index >= 15 is 0 Å². The first-order valence-electron chi connectivity index (χ1n) is 7.39. The molecule has 1 atom stereocenters. The van der Waals surface area contributed by atoms with Crippen LogP contribution < -0.4 is 5.32 Å². The molecule has 0 bridgehead atoms. The fourth-order valence-electron chi connectivity index (χ4n) is 2.74. The van der Waals surface area contributed by atoms with Crippen molar-refractivity contribution in [3.05, 3.63) is 41.5 Å². The number of amides is 1. The van der Waals surface area contributed by atoms with Crippen LogP contribution in [-0.2, 0) is 4.79 Å². The molecule has 1 unspecified atom stereocenters. The summed E-state index contributed by atoms with van der Waals surface area (Å²) in [7, 11) is 0. The maximum Gasteiger partial charge on any atom is 0.242 e. The van der Waals surface area contributed by atoms with Crippen LogP contribution in [0.3, 0.4) is 0 Å². The Bertz CT molecular complexity index is 487. The van der Waals surface area contributed by atoms with Gasteiger partial charge in [0.1, 0.15) is 0 Å². The number of carbonyl (C=O) groups is 1. The summed E-state index contributed by atoms with van der Waals surface area (Å²) in [5.41, 5.74) is 3.20. The number of hydrogen-bond acceptors (Lipinski definition) is 2. The molecular formula is C17H24N2O. The number of rotatable bonds is 4. The van der Waals surface area contributed by atoms with E-state index in [1.807, 2.05) is 32.0 Å². The second-order valence-electron chi connectivity index (χ2n) is 5.47. The van der Waals surface area contributed by atoms with Gasteiger partial charge < -0.3 is 5.32 Å². The Morgan fingerprint density at radius 2 is 2.00 bits per heavy atom. The first-order valence-corrected chi connectivity index (χ1v) is 7.39. The summed E-state index contributed by atoms with van der Waals surface area (Å²) in [6.45, 7) is 8.06. The maximum absolute atomic E-state index is 12.6. The van der Waals surface area contributed by atoms with Crippen LogP contribution in [0.1, 0.15) is 30.9 Å². The van der Waals surface area contributed by atoms with Gasteiger partial charge in [-0.3, -0.25) is 9.69 Å². The molecule has 0 saturated carbocycles. The summed E-state index contributed by atoms with van der Waals surface area (Å²) in [6.07, 6.45) is 6.14. The molecule has 1 aromatic rings. The largest absolute Gasteiger partial charge is 0.324 e. The molecule has 0 saturated heterocycles. The standard InChI is InChI=1S/C17H24N2O/c1-4-11-19-12-6-5-10-15(19)17(20)18-16-13(2)8-7-9-14(16)3/h5-9,15H,4,10-12H2,1-3H3,(H,18,20). The van der Waals surface area contributed by atoms with E-state index in [-0.39, 0.29) is 11.9 Å². The van der Waals surface area contributed by atoms with Crippen molar-refractivity contribution in [1.82, 2.24) is 4.90 Å². The number of benzene rings is 1. The van der Waals surface area contributed by atoms with Crippen LogP contribution in [0.25, 0.3) is 0 Å². The Morgan fingerprint density at radius 1 is 1.30 bits per heavy atom. The molecule has 0 spiro atoms. The van der Waals surface area contributed by atoms with Crippen LogP contribution in [-0.4, -0.2) is 29.9 Å². The van der Waals surface area contributed by atoms with Crippen molar-refractivity contribution in [3.8, 4) is 0 Å². The van der Waals surface area contributed by atoms with Gasteiger partial charge in [-0.1, -0.05) is 37.3 Å². The van der Waals surface area contributed by atoms with E-state index in [4.69, 9.17) is 0 Å². The average molecular weight is 272 g/mol. The molecule has 3 heteroatoms. The second kappa shape index (κ2) is 6.71. The van der Waals surface area contributed by atoms with Crippen LogP contribution >= 0.6 is 0 Å². The zero-order valence-corrected chi connectivity index (χ0v) is 12.6. The number of anilines is 1. The van der Waals surface area contributed by atoms with Gasteiger partial charge in [-0.2, -0.15) is 0 Å². The van der Waals surface area contributed by atoms with Gasteiger partial charge in [0, 0.05) is 12.2 Å². The van der Waals surface area contributed by atoms with Crippen molar-refractivity contribution < 1.29 is 4.79 Å². The molecule has 2 rings (SSSR count). The van der Waals surface area contributed by atoms with Crippen LogP contribution in [0.4, 0.5) is 5.69 Å². The summed E-state index contributed by atoms with van der Waals surface area (Å²) < 4.78 is 0.